The van der Waals surface area contributed by atoms with Crippen LogP contribution in [0, 0.1) is 0 Å². The lowest BCUT2D eigenvalue weighted by Gasteiger charge is -2.26. The molecule has 0 radical (unpaired) electrons. The molecule has 1 heterocycles. The molecule has 1 fully saturated rings. The topological polar surface area (TPSA) is 58.6 Å². The number of amides is 2. The van der Waals surface area contributed by atoms with Gasteiger partial charge in [0, 0.05) is 6.54 Å². The largest absolute Gasteiger partial charge is 0.522 e. The van der Waals surface area contributed by atoms with E-state index in [4.69, 9.17) is 0 Å². The van der Waals surface area contributed by atoms with Gasteiger partial charge in [-0.15, -0.1) is 13.2 Å². The summed E-state index contributed by atoms with van der Waals surface area (Å²) < 4.78 is 38.2. The number of piperazine rings is 1. The highest BCUT2D eigenvalue weighted by Gasteiger charge is 2.30. The molecular formula is C7H9F3N2O3. The van der Waals surface area contributed by atoms with Crippen LogP contribution >= 0.6 is 0 Å². The molecule has 0 aromatic carbocycles. The summed E-state index contributed by atoms with van der Waals surface area (Å²) in [5.41, 5.74) is 0. The molecule has 5 nitrogen and oxygen atoms in total. The number of carbonyl (C=O) groups is 2. The number of hydrogen-bond donors (Lipinski definition) is 1. The van der Waals surface area contributed by atoms with E-state index in [0.29, 0.717) is 0 Å². The minimum atomic E-state index is -4.71. The zero-order chi connectivity index (χ0) is 11.5. The molecule has 0 unspecified atom stereocenters. The Bertz CT molecular complexity index is 267. The van der Waals surface area contributed by atoms with Crippen LogP contribution in [0.25, 0.3) is 0 Å². The standard InChI is InChI=1S/C7H9F3N2O3/c8-7(9,10)15-2-1-12-4-5(13)11-3-6(12)14/h1-4H2,(H,11,13). The lowest BCUT2D eigenvalue weighted by atomic mass is 10.3. The van der Waals surface area contributed by atoms with Crippen molar-refractivity contribution in [3.8, 4) is 0 Å². The minimum Gasteiger partial charge on any atom is -0.345 e. The van der Waals surface area contributed by atoms with Crippen LogP contribution in [0.2, 0.25) is 0 Å². The molecule has 0 aromatic heterocycles. The van der Waals surface area contributed by atoms with Gasteiger partial charge in [0.2, 0.25) is 11.8 Å². The van der Waals surface area contributed by atoms with Crippen LogP contribution in [0.1, 0.15) is 0 Å². The first-order valence-corrected chi connectivity index (χ1v) is 4.13. The van der Waals surface area contributed by atoms with Crippen molar-refractivity contribution in [1.82, 2.24) is 10.2 Å². The maximum atomic E-state index is 11.6. The Morgan fingerprint density at radius 2 is 2.07 bits per heavy atom. The van der Waals surface area contributed by atoms with Crippen LogP contribution in [0.4, 0.5) is 13.2 Å². The summed E-state index contributed by atoms with van der Waals surface area (Å²) in [7, 11) is 0. The molecule has 1 aliphatic rings. The molecule has 1 N–H and O–H groups in total. The number of alkyl halides is 3. The Morgan fingerprint density at radius 3 is 2.67 bits per heavy atom. The van der Waals surface area contributed by atoms with Crippen LogP contribution in [0.5, 0.6) is 0 Å². The van der Waals surface area contributed by atoms with Gasteiger partial charge in [-0.3, -0.25) is 14.3 Å². The summed E-state index contributed by atoms with van der Waals surface area (Å²) in [4.78, 5) is 22.9. The number of hydrogen-bond acceptors (Lipinski definition) is 3. The third-order valence-electron chi connectivity index (χ3n) is 1.75. The quantitative estimate of drug-likeness (QED) is 0.704. The van der Waals surface area contributed by atoms with E-state index in [9.17, 15) is 22.8 Å². The smallest absolute Gasteiger partial charge is 0.345 e. The van der Waals surface area contributed by atoms with Gasteiger partial charge in [0.25, 0.3) is 0 Å². The van der Waals surface area contributed by atoms with E-state index in [2.05, 4.69) is 10.1 Å². The third-order valence-corrected chi connectivity index (χ3v) is 1.75. The highest BCUT2D eigenvalue weighted by molar-refractivity contribution is 5.92. The van der Waals surface area contributed by atoms with Crippen LogP contribution in [0.15, 0.2) is 0 Å². The first kappa shape index (κ1) is 11.8. The lowest BCUT2D eigenvalue weighted by molar-refractivity contribution is -0.324. The third kappa shape index (κ3) is 4.15. The fourth-order valence-corrected chi connectivity index (χ4v) is 1.08. The van der Waals surface area contributed by atoms with E-state index in [1.54, 1.807) is 0 Å². The number of carbonyl (C=O) groups excluding carboxylic acids is 2. The van der Waals surface area contributed by atoms with E-state index in [-0.39, 0.29) is 25.5 Å². The molecule has 0 bridgehead atoms. The number of ether oxygens (including phenoxy) is 1. The van der Waals surface area contributed by atoms with Crippen molar-refractivity contribution >= 4 is 11.8 Å². The molecule has 0 atom stereocenters. The predicted octanol–water partition coefficient (Wildman–Crippen LogP) is -0.519. The lowest BCUT2D eigenvalue weighted by Crippen LogP contribution is -2.52. The van der Waals surface area contributed by atoms with Crippen molar-refractivity contribution < 1.29 is 27.5 Å². The summed E-state index contributed by atoms with van der Waals surface area (Å²) in [5, 5.41) is 2.28. The predicted molar refractivity (Wildman–Crippen MR) is 41.6 cm³/mol. The first-order chi connectivity index (χ1) is 6.88. The molecule has 0 saturated carbocycles. The fourth-order valence-electron chi connectivity index (χ4n) is 1.08. The molecule has 1 aliphatic heterocycles. The monoisotopic (exact) mass is 226 g/mol. The summed E-state index contributed by atoms with van der Waals surface area (Å²) in [6.45, 7) is -1.31. The van der Waals surface area contributed by atoms with Gasteiger partial charge in [-0.05, 0) is 0 Å². The van der Waals surface area contributed by atoms with Crippen molar-refractivity contribution in [2.75, 3.05) is 26.2 Å². The molecule has 1 rings (SSSR count). The van der Waals surface area contributed by atoms with Gasteiger partial charge in [0.1, 0.15) is 0 Å². The molecule has 0 spiro atoms. The number of rotatable bonds is 3. The second kappa shape index (κ2) is 4.47. The highest BCUT2D eigenvalue weighted by atomic mass is 19.4. The van der Waals surface area contributed by atoms with Crippen molar-refractivity contribution in [3.05, 3.63) is 0 Å². The van der Waals surface area contributed by atoms with Crippen LogP contribution < -0.4 is 5.32 Å². The van der Waals surface area contributed by atoms with Crippen LogP contribution in [0.3, 0.4) is 0 Å². The Balaban J connectivity index is 2.31. The summed E-state index contributed by atoms with van der Waals surface area (Å²) in [5.74, 6) is -0.804. The molecule has 0 aromatic rings. The van der Waals surface area contributed by atoms with Gasteiger partial charge in [-0.1, -0.05) is 0 Å². The van der Waals surface area contributed by atoms with E-state index in [0.717, 1.165) is 4.90 Å². The van der Waals surface area contributed by atoms with Gasteiger partial charge in [-0.25, -0.2) is 0 Å². The molecule has 15 heavy (non-hydrogen) atoms. The summed E-state index contributed by atoms with van der Waals surface area (Å²) in [6, 6.07) is 0. The normalized spacial score (nSPS) is 17.9. The average Bonchev–Trinajstić information content (AvgIpc) is 2.09. The highest BCUT2D eigenvalue weighted by Crippen LogP contribution is 2.15. The fraction of sp³-hybridized carbons (Fsp3) is 0.714. The Hall–Kier alpha value is -1.31. The van der Waals surface area contributed by atoms with Crippen molar-refractivity contribution in [2.45, 2.75) is 6.36 Å². The van der Waals surface area contributed by atoms with Gasteiger partial charge >= 0.3 is 6.36 Å². The van der Waals surface area contributed by atoms with E-state index >= 15 is 0 Å². The molecule has 86 valence electrons. The van der Waals surface area contributed by atoms with Gasteiger partial charge in [0.15, 0.2) is 0 Å². The molecule has 8 heteroatoms. The average molecular weight is 226 g/mol. The zero-order valence-corrected chi connectivity index (χ0v) is 7.63. The van der Waals surface area contributed by atoms with Crippen molar-refractivity contribution in [2.24, 2.45) is 0 Å². The van der Waals surface area contributed by atoms with Crippen molar-refractivity contribution in [3.63, 3.8) is 0 Å². The molecule has 0 aliphatic carbocycles. The summed E-state index contributed by atoms with van der Waals surface area (Å²) >= 11 is 0. The minimum absolute atomic E-state index is 0.176. The zero-order valence-electron chi connectivity index (χ0n) is 7.63. The maximum Gasteiger partial charge on any atom is 0.522 e. The number of nitrogens with one attached hydrogen (secondary N) is 1. The SMILES string of the molecule is O=C1CN(CCOC(F)(F)F)C(=O)CN1. The van der Waals surface area contributed by atoms with Gasteiger partial charge in [-0.2, -0.15) is 0 Å². The molecule has 1 saturated heterocycles. The first-order valence-electron chi connectivity index (χ1n) is 4.13. The second-order valence-corrected chi connectivity index (χ2v) is 2.89. The van der Waals surface area contributed by atoms with Crippen LogP contribution in [-0.4, -0.2) is 49.3 Å². The van der Waals surface area contributed by atoms with E-state index in [1.165, 1.54) is 0 Å². The Morgan fingerprint density at radius 1 is 1.40 bits per heavy atom. The van der Waals surface area contributed by atoms with Gasteiger partial charge in [0.05, 0.1) is 19.7 Å². The Labute approximate surface area is 83.2 Å². The second-order valence-electron chi connectivity index (χ2n) is 2.89. The van der Waals surface area contributed by atoms with Gasteiger partial charge < -0.3 is 10.2 Å². The summed E-state index contributed by atoms with van der Waals surface area (Å²) in [6.07, 6.45) is -4.71. The maximum absolute atomic E-state index is 11.6. The number of halogens is 3. The molecular weight excluding hydrogens is 217 g/mol. The number of nitrogens with zero attached hydrogens (tertiary/aromatic N) is 1. The van der Waals surface area contributed by atoms with E-state index in [1.807, 2.05) is 0 Å². The molecule has 2 amide bonds. The van der Waals surface area contributed by atoms with Crippen molar-refractivity contribution in [1.29, 1.82) is 0 Å². The van der Waals surface area contributed by atoms with E-state index < -0.39 is 18.9 Å². The Kier molecular flexibility index (Phi) is 3.51. The van der Waals surface area contributed by atoms with Crippen LogP contribution in [-0.2, 0) is 14.3 Å².